The quantitative estimate of drug-likeness (QED) is 0.841. The van der Waals surface area contributed by atoms with E-state index in [0.29, 0.717) is 11.9 Å². The zero-order chi connectivity index (χ0) is 17.9. The molecule has 1 aliphatic carbocycles. The highest BCUT2D eigenvalue weighted by molar-refractivity contribution is 7.11. The maximum atomic E-state index is 5.77. The topological polar surface area (TPSA) is 71.2 Å². The normalized spacial score (nSPS) is 21.8. The van der Waals surface area contributed by atoms with Crippen LogP contribution in [0.1, 0.15) is 53.7 Å². The van der Waals surface area contributed by atoms with E-state index in [-0.39, 0.29) is 0 Å². The number of nitrogens with two attached hydrogens (primary N) is 1. The van der Waals surface area contributed by atoms with Crippen LogP contribution < -0.4 is 5.73 Å². The molecular formula is C19H28N6S. The van der Waals surface area contributed by atoms with Crippen molar-refractivity contribution in [2.45, 2.75) is 57.2 Å². The van der Waals surface area contributed by atoms with Gasteiger partial charge in [-0.05, 0) is 51.8 Å². The Labute approximate surface area is 159 Å². The first kappa shape index (κ1) is 17.8. The number of hydrogen-bond donors (Lipinski definition) is 1. The monoisotopic (exact) mass is 372 g/mol. The Kier molecular flexibility index (Phi) is 5.47. The van der Waals surface area contributed by atoms with Gasteiger partial charge in [-0.3, -0.25) is 9.80 Å². The Morgan fingerprint density at radius 1 is 1.23 bits per heavy atom. The molecule has 0 unspecified atom stereocenters. The number of thiazole rings is 1. The first-order valence-electron chi connectivity index (χ1n) is 9.62. The number of aromatic nitrogens is 3. The maximum Gasteiger partial charge on any atom is 0.144 e. The van der Waals surface area contributed by atoms with Crippen LogP contribution in [0.25, 0.3) is 0 Å². The van der Waals surface area contributed by atoms with Crippen LogP contribution in [0, 0.1) is 0 Å². The molecule has 7 heteroatoms. The Morgan fingerprint density at radius 2 is 2.12 bits per heavy atom. The average molecular weight is 373 g/mol. The van der Waals surface area contributed by atoms with Crippen molar-refractivity contribution in [3.63, 3.8) is 0 Å². The summed E-state index contributed by atoms with van der Waals surface area (Å²) in [5.74, 6) is 2.13. The number of hydrogen-bond acceptors (Lipinski definition) is 7. The summed E-state index contributed by atoms with van der Waals surface area (Å²) in [6.07, 6.45) is 10.2. The highest BCUT2D eigenvalue weighted by Gasteiger charge is 2.27. The van der Waals surface area contributed by atoms with E-state index in [9.17, 15) is 0 Å². The van der Waals surface area contributed by atoms with E-state index in [2.05, 4.69) is 38.0 Å². The number of nitrogens with zero attached hydrogens (tertiary/aromatic N) is 5. The maximum absolute atomic E-state index is 5.77. The van der Waals surface area contributed by atoms with E-state index in [4.69, 9.17) is 5.73 Å². The van der Waals surface area contributed by atoms with Crippen molar-refractivity contribution in [2.75, 3.05) is 25.9 Å². The van der Waals surface area contributed by atoms with Crippen LogP contribution in [0.5, 0.6) is 0 Å². The van der Waals surface area contributed by atoms with Crippen LogP contribution >= 0.6 is 11.3 Å². The van der Waals surface area contributed by atoms with E-state index in [1.54, 1.807) is 12.3 Å². The lowest BCUT2D eigenvalue weighted by molar-refractivity contribution is 0.202. The molecule has 0 spiro atoms. The van der Waals surface area contributed by atoms with Gasteiger partial charge in [-0.2, -0.15) is 0 Å². The lowest BCUT2D eigenvalue weighted by Gasteiger charge is -2.26. The van der Waals surface area contributed by atoms with E-state index >= 15 is 0 Å². The van der Waals surface area contributed by atoms with E-state index in [1.165, 1.54) is 48.5 Å². The number of nitrogen functional groups attached to an aromatic ring is 1. The second kappa shape index (κ2) is 7.98. The molecular weight excluding hydrogens is 344 g/mol. The van der Waals surface area contributed by atoms with Crippen LogP contribution in [0.15, 0.2) is 18.5 Å². The predicted octanol–water partition coefficient (Wildman–Crippen LogP) is 2.88. The molecule has 6 nitrogen and oxygen atoms in total. The van der Waals surface area contributed by atoms with Crippen molar-refractivity contribution >= 4 is 17.2 Å². The van der Waals surface area contributed by atoms with Gasteiger partial charge in [0.05, 0.1) is 11.6 Å². The molecule has 0 bridgehead atoms. The van der Waals surface area contributed by atoms with Gasteiger partial charge in [0.1, 0.15) is 11.6 Å². The summed E-state index contributed by atoms with van der Waals surface area (Å²) in [4.78, 5) is 19.7. The third kappa shape index (κ3) is 4.58. The minimum atomic E-state index is 0.547. The van der Waals surface area contributed by atoms with Crippen LogP contribution in [0.3, 0.4) is 0 Å². The molecule has 2 aromatic heterocycles. The summed E-state index contributed by atoms with van der Waals surface area (Å²) in [7, 11) is 2.18. The standard InChI is InChI=1S/C19H28N6S/c1-24(13-18-21-8-6-17(20)23-18)15-3-2-9-25(10-7-15)12-16-11-22-19(26-16)14-4-5-14/h6,8,11,14-15H,2-5,7,9-10,12-13H2,1H3,(H2,20,21,23)/t15-/m0/s1. The molecule has 1 atom stereocenters. The van der Waals surface area contributed by atoms with Crippen molar-refractivity contribution in [1.29, 1.82) is 0 Å². The second-order valence-corrected chi connectivity index (χ2v) is 8.76. The van der Waals surface area contributed by atoms with Gasteiger partial charge in [-0.25, -0.2) is 15.0 Å². The lowest BCUT2D eigenvalue weighted by Crippen LogP contribution is -2.33. The summed E-state index contributed by atoms with van der Waals surface area (Å²) < 4.78 is 0. The number of anilines is 1. The molecule has 1 saturated carbocycles. The molecule has 4 rings (SSSR count). The largest absolute Gasteiger partial charge is 0.384 e. The van der Waals surface area contributed by atoms with Gasteiger partial charge < -0.3 is 5.73 Å². The third-order valence-electron chi connectivity index (χ3n) is 5.41. The summed E-state index contributed by atoms with van der Waals surface area (Å²) in [6.45, 7) is 4.13. The summed E-state index contributed by atoms with van der Waals surface area (Å²) in [6, 6.07) is 2.31. The zero-order valence-corrected chi connectivity index (χ0v) is 16.3. The van der Waals surface area contributed by atoms with Gasteiger partial charge in [-0.15, -0.1) is 11.3 Å². The Hall–Kier alpha value is -1.57. The zero-order valence-electron chi connectivity index (χ0n) is 15.5. The molecule has 2 aromatic rings. The molecule has 0 radical (unpaired) electrons. The molecule has 140 valence electrons. The van der Waals surface area contributed by atoms with E-state index in [1.807, 2.05) is 11.3 Å². The van der Waals surface area contributed by atoms with Gasteiger partial charge in [0, 0.05) is 42.3 Å². The molecule has 3 heterocycles. The minimum absolute atomic E-state index is 0.547. The SMILES string of the molecule is CN(Cc1nccc(N)n1)[C@H]1CCCN(Cc2cnc(C3CC3)s2)CC1. The fraction of sp³-hybridized carbons (Fsp3) is 0.632. The Balaban J connectivity index is 1.29. The molecule has 0 aromatic carbocycles. The number of likely N-dealkylation sites (tertiary alicyclic amines) is 1. The third-order valence-corrected chi connectivity index (χ3v) is 6.55. The van der Waals surface area contributed by atoms with Crippen LogP contribution in [-0.2, 0) is 13.1 Å². The fourth-order valence-electron chi connectivity index (χ4n) is 3.72. The van der Waals surface area contributed by atoms with Crippen molar-refractivity contribution < 1.29 is 0 Å². The van der Waals surface area contributed by atoms with Crippen molar-refractivity contribution in [3.05, 3.63) is 34.2 Å². The van der Waals surface area contributed by atoms with Gasteiger partial charge >= 0.3 is 0 Å². The minimum Gasteiger partial charge on any atom is -0.384 e. The fourth-order valence-corrected chi connectivity index (χ4v) is 4.84. The van der Waals surface area contributed by atoms with E-state index < -0.39 is 0 Å². The van der Waals surface area contributed by atoms with Crippen molar-refractivity contribution in [2.24, 2.45) is 0 Å². The van der Waals surface area contributed by atoms with Gasteiger partial charge in [0.2, 0.25) is 0 Å². The molecule has 0 amide bonds. The predicted molar refractivity (Wildman–Crippen MR) is 105 cm³/mol. The second-order valence-electron chi connectivity index (χ2n) is 7.61. The van der Waals surface area contributed by atoms with Crippen LogP contribution in [-0.4, -0.2) is 50.9 Å². The lowest BCUT2D eigenvalue weighted by atomic mass is 10.1. The van der Waals surface area contributed by atoms with Gasteiger partial charge in [0.15, 0.2) is 0 Å². The van der Waals surface area contributed by atoms with Gasteiger partial charge in [-0.1, -0.05) is 0 Å². The highest BCUT2D eigenvalue weighted by Crippen LogP contribution is 2.41. The highest BCUT2D eigenvalue weighted by atomic mass is 32.1. The summed E-state index contributed by atoms with van der Waals surface area (Å²) >= 11 is 1.92. The average Bonchev–Trinajstić information content (AvgIpc) is 3.40. The molecule has 2 aliphatic rings. The van der Waals surface area contributed by atoms with Crippen LogP contribution in [0.2, 0.25) is 0 Å². The summed E-state index contributed by atoms with van der Waals surface area (Å²) in [5, 5.41) is 1.36. The molecule has 1 saturated heterocycles. The first-order valence-corrected chi connectivity index (χ1v) is 10.4. The van der Waals surface area contributed by atoms with Crippen molar-refractivity contribution in [1.82, 2.24) is 24.8 Å². The molecule has 1 aliphatic heterocycles. The van der Waals surface area contributed by atoms with E-state index in [0.717, 1.165) is 31.4 Å². The summed E-state index contributed by atoms with van der Waals surface area (Å²) in [5.41, 5.74) is 5.77. The van der Waals surface area contributed by atoms with Crippen molar-refractivity contribution in [3.8, 4) is 0 Å². The van der Waals surface area contributed by atoms with Crippen LogP contribution in [0.4, 0.5) is 5.82 Å². The molecule has 26 heavy (non-hydrogen) atoms. The number of rotatable bonds is 6. The Bertz CT molecular complexity index is 728. The first-order chi connectivity index (χ1) is 12.7. The smallest absolute Gasteiger partial charge is 0.144 e. The molecule has 2 N–H and O–H groups in total. The Morgan fingerprint density at radius 3 is 2.92 bits per heavy atom. The van der Waals surface area contributed by atoms with Gasteiger partial charge in [0.25, 0.3) is 0 Å². The molecule has 2 fully saturated rings.